The summed E-state index contributed by atoms with van der Waals surface area (Å²) in [5, 5.41) is 9.02. The van der Waals surface area contributed by atoms with Crippen LogP contribution in [0.3, 0.4) is 0 Å². The van der Waals surface area contributed by atoms with E-state index in [1.54, 1.807) is 0 Å². The number of unbranched alkanes of at least 4 members (excludes halogenated alkanes) is 28. The van der Waals surface area contributed by atoms with Gasteiger partial charge < -0.3 is 9.84 Å². The summed E-state index contributed by atoms with van der Waals surface area (Å²) in [7, 11) is 0. The first-order valence-corrected chi connectivity index (χ1v) is 20.0. The zero-order valence-corrected chi connectivity index (χ0v) is 30.0. The van der Waals surface area contributed by atoms with E-state index >= 15 is 0 Å². The Morgan fingerprint density at radius 2 is 0.705 bits per heavy atom. The van der Waals surface area contributed by atoms with Crippen LogP contribution in [0.15, 0.2) is 0 Å². The monoisotopic (exact) mass is 623 g/mol. The number of hydrogen-bond donors (Lipinski definition) is 1. The van der Waals surface area contributed by atoms with E-state index in [2.05, 4.69) is 13.8 Å². The largest absolute Gasteiger partial charge is 0.481 e. The molecule has 0 aromatic rings. The average Bonchev–Trinajstić information content (AvgIpc) is 3.00. The van der Waals surface area contributed by atoms with Crippen LogP contribution in [0.2, 0.25) is 0 Å². The molecule has 4 nitrogen and oxygen atoms in total. The Morgan fingerprint density at radius 3 is 1.05 bits per heavy atom. The van der Waals surface area contributed by atoms with Gasteiger partial charge in [0, 0.05) is 12.8 Å². The maximum Gasteiger partial charge on any atom is 0.306 e. The molecule has 44 heavy (non-hydrogen) atoms. The van der Waals surface area contributed by atoms with Crippen molar-refractivity contribution in [2.75, 3.05) is 0 Å². The summed E-state index contributed by atoms with van der Waals surface area (Å²) in [6, 6.07) is 0. The number of carboxylic acids is 1. The van der Waals surface area contributed by atoms with Crippen LogP contribution in [-0.4, -0.2) is 23.1 Å². The number of rotatable bonds is 37. The van der Waals surface area contributed by atoms with E-state index in [1.807, 2.05) is 0 Å². The molecule has 0 saturated heterocycles. The Balaban J connectivity index is 3.76. The highest BCUT2D eigenvalue weighted by Crippen LogP contribution is 2.19. The van der Waals surface area contributed by atoms with Gasteiger partial charge in [-0.2, -0.15) is 0 Å². The Hall–Kier alpha value is -1.06. The maximum atomic E-state index is 12.5. The molecule has 0 rings (SSSR count). The third-order valence-corrected chi connectivity index (χ3v) is 9.33. The third-order valence-electron chi connectivity index (χ3n) is 9.33. The fourth-order valence-electron chi connectivity index (χ4n) is 6.37. The van der Waals surface area contributed by atoms with E-state index in [0.29, 0.717) is 19.3 Å². The molecule has 0 saturated carbocycles. The molecule has 0 aliphatic heterocycles. The van der Waals surface area contributed by atoms with Gasteiger partial charge in [-0.25, -0.2) is 0 Å². The Morgan fingerprint density at radius 1 is 0.409 bits per heavy atom. The number of carboxylic acid groups (broad SMARTS) is 1. The summed E-state index contributed by atoms with van der Waals surface area (Å²) < 4.78 is 5.84. The molecule has 4 heteroatoms. The summed E-state index contributed by atoms with van der Waals surface area (Å²) in [6.07, 6.45) is 42.6. The van der Waals surface area contributed by atoms with Gasteiger partial charge in [0.15, 0.2) is 0 Å². The standard InChI is InChI=1S/C40H78O4/c1-3-5-7-9-11-13-15-17-19-21-23-25-27-29-31-34-38(35-33-36-39(41)42)44-40(43)37-32-30-28-26-24-22-20-18-16-14-12-10-8-6-4-2/h38H,3-37H2,1-2H3,(H,41,42). The highest BCUT2D eigenvalue weighted by Gasteiger charge is 2.15. The molecule has 0 amide bonds. The van der Waals surface area contributed by atoms with Crippen molar-refractivity contribution in [2.24, 2.45) is 0 Å². The van der Waals surface area contributed by atoms with Crippen LogP contribution < -0.4 is 0 Å². The lowest BCUT2D eigenvalue weighted by atomic mass is 10.0. The van der Waals surface area contributed by atoms with Gasteiger partial charge >= 0.3 is 11.9 Å². The summed E-state index contributed by atoms with van der Waals surface area (Å²) >= 11 is 0. The van der Waals surface area contributed by atoms with Gasteiger partial charge in [0.05, 0.1) is 0 Å². The van der Waals surface area contributed by atoms with Crippen molar-refractivity contribution in [3.8, 4) is 0 Å². The zero-order chi connectivity index (χ0) is 32.2. The fraction of sp³-hybridized carbons (Fsp3) is 0.950. The van der Waals surface area contributed by atoms with Gasteiger partial charge in [0.1, 0.15) is 6.10 Å². The van der Waals surface area contributed by atoms with Gasteiger partial charge in [-0.05, 0) is 32.1 Å². The highest BCUT2D eigenvalue weighted by molar-refractivity contribution is 5.69. The van der Waals surface area contributed by atoms with E-state index < -0.39 is 5.97 Å². The second kappa shape index (κ2) is 36.4. The molecular weight excluding hydrogens is 544 g/mol. The van der Waals surface area contributed by atoms with Crippen LogP contribution in [0.4, 0.5) is 0 Å². The van der Waals surface area contributed by atoms with Crippen molar-refractivity contribution in [1.82, 2.24) is 0 Å². The number of esters is 1. The number of ether oxygens (including phenoxy) is 1. The van der Waals surface area contributed by atoms with E-state index in [-0.39, 0.29) is 18.5 Å². The van der Waals surface area contributed by atoms with Gasteiger partial charge in [-0.1, -0.05) is 194 Å². The number of aliphatic carboxylic acids is 1. The molecule has 0 aliphatic carbocycles. The van der Waals surface area contributed by atoms with Gasteiger partial charge in [-0.15, -0.1) is 0 Å². The SMILES string of the molecule is CCCCCCCCCCCCCCCCCC(=O)OC(CCCCCCCCCCCCCCCCC)CCCC(=O)O. The first-order valence-electron chi connectivity index (χ1n) is 20.0. The lowest BCUT2D eigenvalue weighted by molar-refractivity contribution is -0.150. The minimum Gasteiger partial charge on any atom is -0.481 e. The number of carbonyl (C=O) groups excluding carboxylic acids is 1. The fourth-order valence-corrected chi connectivity index (χ4v) is 6.37. The smallest absolute Gasteiger partial charge is 0.306 e. The highest BCUT2D eigenvalue weighted by atomic mass is 16.5. The van der Waals surface area contributed by atoms with Crippen LogP contribution in [-0.2, 0) is 14.3 Å². The van der Waals surface area contributed by atoms with Crippen LogP contribution in [0, 0.1) is 0 Å². The molecule has 0 aliphatic rings. The molecule has 0 aromatic heterocycles. The molecule has 0 fully saturated rings. The number of hydrogen-bond acceptors (Lipinski definition) is 3. The van der Waals surface area contributed by atoms with E-state index in [1.165, 1.54) is 173 Å². The molecule has 262 valence electrons. The Labute approximate surface area is 275 Å². The van der Waals surface area contributed by atoms with Gasteiger partial charge in [-0.3, -0.25) is 9.59 Å². The van der Waals surface area contributed by atoms with E-state index in [9.17, 15) is 9.59 Å². The second-order valence-corrected chi connectivity index (χ2v) is 13.8. The van der Waals surface area contributed by atoms with E-state index in [0.717, 1.165) is 25.7 Å². The molecule has 0 radical (unpaired) electrons. The summed E-state index contributed by atoms with van der Waals surface area (Å²) in [5.74, 6) is -0.846. The van der Waals surface area contributed by atoms with Crippen molar-refractivity contribution >= 4 is 11.9 Å². The molecular formula is C40H78O4. The van der Waals surface area contributed by atoms with Crippen molar-refractivity contribution in [2.45, 2.75) is 245 Å². The van der Waals surface area contributed by atoms with Crippen molar-refractivity contribution in [1.29, 1.82) is 0 Å². The first-order chi connectivity index (χ1) is 21.6. The molecule has 1 unspecified atom stereocenters. The average molecular weight is 623 g/mol. The van der Waals surface area contributed by atoms with Gasteiger partial charge in [0.2, 0.25) is 0 Å². The second-order valence-electron chi connectivity index (χ2n) is 13.8. The van der Waals surface area contributed by atoms with Crippen LogP contribution in [0.5, 0.6) is 0 Å². The molecule has 0 heterocycles. The summed E-state index contributed by atoms with van der Waals surface area (Å²) in [6.45, 7) is 4.56. The predicted molar refractivity (Wildman–Crippen MR) is 190 cm³/mol. The van der Waals surface area contributed by atoms with Crippen LogP contribution >= 0.6 is 0 Å². The quantitative estimate of drug-likeness (QED) is 0.0553. The van der Waals surface area contributed by atoms with E-state index in [4.69, 9.17) is 9.84 Å². The van der Waals surface area contributed by atoms with Crippen LogP contribution in [0.25, 0.3) is 0 Å². The molecule has 1 N–H and O–H groups in total. The van der Waals surface area contributed by atoms with Crippen LogP contribution in [0.1, 0.15) is 239 Å². The lowest BCUT2D eigenvalue weighted by Crippen LogP contribution is -2.18. The van der Waals surface area contributed by atoms with Gasteiger partial charge in [0.25, 0.3) is 0 Å². The summed E-state index contributed by atoms with van der Waals surface area (Å²) in [4.78, 5) is 23.5. The zero-order valence-electron chi connectivity index (χ0n) is 30.0. The van der Waals surface area contributed by atoms with Crippen molar-refractivity contribution in [3.05, 3.63) is 0 Å². The molecule has 0 aromatic carbocycles. The number of carbonyl (C=O) groups is 2. The minimum atomic E-state index is -0.764. The van der Waals surface area contributed by atoms with Crippen molar-refractivity contribution in [3.63, 3.8) is 0 Å². The Bertz CT molecular complexity index is 590. The maximum absolute atomic E-state index is 12.5. The third kappa shape index (κ3) is 35.4. The topological polar surface area (TPSA) is 63.6 Å². The molecule has 0 spiro atoms. The summed E-state index contributed by atoms with van der Waals surface area (Å²) in [5.41, 5.74) is 0. The lowest BCUT2D eigenvalue weighted by Gasteiger charge is -2.18. The first kappa shape index (κ1) is 42.9. The predicted octanol–water partition coefficient (Wildman–Crippen LogP) is 13.7. The molecule has 1 atom stereocenters. The Kier molecular flexibility index (Phi) is 35.5. The molecule has 0 bridgehead atoms. The van der Waals surface area contributed by atoms with Crippen molar-refractivity contribution < 1.29 is 19.4 Å². The normalized spacial score (nSPS) is 12.0. The minimum absolute atomic E-state index is 0.0824.